The van der Waals surface area contributed by atoms with Crippen LogP contribution in [0.25, 0.3) is 0 Å². The number of nitrogens with two attached hydrogens (primary N) is 1. The van der Waals surface area contributed by atoms with Crippen molar-refractivity contribution in [3.63, 3.8) is 0 Å². The molecule has 0 bridgehead atoms. The highest BCUT2D eigenvalue weighted by Crippen LogP contribution is 2.27. The lowest BCUT2D eigenvalue weighted by atomic mass is 10.0. The number of benzene rings is 1. The lowest BCUT2D eigenvalue weighted by Gasteiger charge is -2.43. The Morgan fingerprint density at radius 2 is 2.26 bits per heavy atom. The Labute approximate surface area is 113 Å². The molecule has 1 aliphatic heterocycles. The highest BCUT2D eigenvalue weighted by molar-refractivity contribution is 5.49. The molecule has 3 N–H and O–H groups in total. The van der Waals surface area contributed by atoms with Crippen LogP contribution in [-0.4, -0.2) is 36.5 Å². The number of morpholine rings is 1. The molecule has 0 radical (unpaired) electrons. The van der Waals surface area contributed by atoms with Gasteiger partial charge >= 0.3 is 0 Å². The van der Waals surface area contributed by atoms with Gasteiger partial charge in [-0.1, -0.05) is 6.07 Å². The van der Waals surface area contributed by atoms with Gasteiger partial charge < -0.3 is 20.5 Å². The van der Waals surface area contributed by atoms with E-state index in [0.29, 0.717) is 18.7 Å². The molecule has 2 rings (SSSR count). The maximum atomic E-state index is 13.8. The van der Waals surface area contributed by atoms with E-state index in [2.05, 4.69) is 0 Å². The number of anilines is 1. The van der Waals surface area contributed by atoms with Crippen molar-refractivity contribution in [2.24, 2.45) is 5.73 Å². The minimum atomic E-state index is -0.366. The van der Waals surface area contributed by atoms with Crippen molar-refractivity contribution in [1.82, 2.24) is 0 Å². The van der Waals surface area contributed by atoms with Crippen LogP contribution in [0.2, 0.25) is 0 Å². The fourth-order valence-electron chi connectivity index (χ4n) is 2.49. The highest BCUT2D eigenvalue weighted by Gasteiger charge is 2.33. The van der Waals surface area contributed by atoms with Crippen LogP contribution in [0.3, 0.4) is 0 Å². The molecule has 1 atom stereocenters. The summed E-state index contributed by atoms with van der Waals surface area (Å²) in [6, 6.07) is 5.07. The fraction of sp³-hybridized carbons (Fsp3) is 0.571. The molecule has 1 aliphatic rings. The first-order valence-electron chi connectivity index (χ1n) is 6.47. The molecule has 4 nitrogen and oxygen atoms in total. The van der Waals surface area contributed by atoms with Crippen LogP contribution < -0.4 is 10.6 Å². The zero-order valence-electron chi connectivity index (χ0n) is 11.4. The third-order valence-corrected chi connectivity index (χ3v) is 3.31. The summed E-state index contributed by atoms with van der Waals surface area (Å²) in [5, 5.41) is 9.28. The van der Waals surface area contributed by atoms with Gasteiger partial charge in [0.05, 0.1) is 18.3 Å². The van der Waals surface area contributed by atoms with Gasteiger partial charge in [0.1, 0.15) is 5.82 Å². The third kappa shape index (κ3) is 3.23. The van der Waals surface area contributed by atoms with Crippen molar-refractivity contribution in [2.75, 3.05) is 24.6 Å². The number of hydrogen-bond donors (Lipinski definition) is 2. The second kappa shape index (κ2) is 5.45. The highest BCUT2D eigenvalue weighted by atomic mass is 19.1. The van der Waals surface area contributed by atoms with Crippen molar-refractivity contribution < 1.29 is 14.2 Å². The standard InChI is InChI=1S/C14H21FN2O2/c1-14(2)9-17(7-12(8-18)19-14)11-4-3-10(6-16)13(15)5-11/h3-5,12,18H,6-9,16H2,1-2H3. The number of nitrogens with zero attached hydrogens (tertiary/aromatic N) is 1. The molecule has 5 heteroatoms. The number of aliphatic hydroxyl groups excluding tert-OH is 1. The Morgan fingerprint density at radius 3 is 2.84 bits per heavy atom. The number of ether oxygens (including phenoxy) is 1. The lowest BCUT2D eigenvalue weighted by Crippen LogP contribution is -2.54. The average Bonchev–Trinajstić information content (AvgIpc) is 2.36. The van der Waals surface area contributed by atoms with Gasteiger partial charge in [-0.15, -0.1) is 0 Å². The van der Waals surface area contributed by atoms with Gasteiger partial charge in [-0.05, 0) is 26.0 Å². The van der Waals surface area contributed by atoms with Gasteiger partial charge in [-0.2, -0.15) is 0 Å². The predicted molar refractivity (Wildman–Crippen MR) is 72.5 cm³/mol. The van der Waals surface area contributed by atoms with Crippen molar-refractivity contribution in [2.45, 2.75) is 32.1 Å². The Balaban J connectivity index is 2.23. The first kappa shape index (κ1) is 14.2. The number of hydrogen-bond acceptors (Lipinski definition) is 4. The molecular weight excluding hydrogens is 247 g/mol. The monoisotopic (exact) mass is 268 g/mol. The molecule has 1 saturated heterocycles. The maximum absolute atomic E-state index is 13.8. The van der Waals surface area contributed by atoms with Crippen LogP contribution in [0.1, 0.15) is 19.4 Å². The second-order valence-corrected chi connectivity index (χ2v) is 5.54. The molecule has 1 fully saturated rings. The molecule has 1 heterocycles. The van der Waals surface area contributed by atoms with E-state index in [9.17, 15) is 9.50 Å². The van der Waals surface area contributed by atoms with E-state index in [1.54, 1.807) is 6.07 Å². The molecule has 0 amide bonds. The largest absolute Gasteiger partial charge is 0.394 e. The topological polar surface area (TPSA) is 58.7 Å². The molecular formula is C14H21FN2O2. The molecule has 0 aliphatic carbocycles. The van der Waals surface area contributed by atoms with Crippen LogP contribution >= 0.6 is 0 Å². The first-order valence-corrected chi connectivity index (χ1v) is 6.47. The minimum absolute atomic E-state index is 0.0384. The van der Waals surface area contributed by atoms with E-state index < -0.39 is 0 Å². The first-order chi connectivity index (χ1) is 8.95. The van der Waals surface area contributed by atoms with Crippen LogP contribution in [0.4, 0.5) is 10.1 Å². The summed E-state index contributed by atoms with van der Waals surface area (Å²) in [6.45, 7) is 5.30. The van der Waals surface area contributed by atoms with Crippen LogP contribution in [0.15, 0.2) is 18.2 Å². The Hall–Kier alpha value is -1.17. The molecule has 0 aromatic heterocycles. The predicted octanol–water partition coefficient (Wildman–Crippen LogP) is 1.26. The average molecular weight is 268 g/mol. The van der Waals surface area contributed by atoms with Gasteiger partial charge in [0.15, 0.2) is 0 Å². The zero-order chi connectivity index (χ0) is 14.0. The molecule has 1 aromatic carbocycles. The zero-order valence-corrected chi connectivity index (χ0v) is 11.4. The van der Waals surface area contributed by atoms with Gasteiger partial charge in [-0.3, -0.25) is 0 Å². The summed E-state index contributed by atoms with van der Waals surface area (Å²) in [5.74, 6) is -0.287. The summed E-state index contributed by atoms with van der Waals surface area (Å²) in [4.78, 5) is 2.04. The lowest BCUT2D eigenvalue weighted by molar-refractivity contribution is -0.101. The van der Waals surface area contributed by atoms with Crippen LogP contribution in [-0.2, 0) is 11.3 Å². The van der Waals surface area contributed by atoms with Gasteiger partial charge in [0.2, 0.25) is 0 Å². The van der Waals surface area contributed by atoms with Crippen molar-refractivity contribution in [1.29, 1.82) is 0 Å². The molecule has 19 heavy (non-hydrogen) atoms. The minimum Gasteiger partial charge on any atom is -0.394 e. The van der Waals surface area contributed by atoms with Gasteiger partial charge in [0, 0.05) is 30.9 Å². The van der Waals surface area contributed by atoms with Gasteiger partial charge in [-0.25, -0.2) is 4.39 Å². The SMILES string of the molecule is CC1(C)CN(c2ccc(CN)c(F)c2)CC(CO)O1. The summed E-state index contributed by atoms with van der Waals surface area (Å²) in [5.41, 5.74) is 6.40. The van der Waals surface area contributed by atoms with Crippen molar-refractivity contribution in [3.05, 3.63) is 29.6 Å². The molecule has 1 aromatic rings. The number of aliphatic hydroxyl groups is 1. The summed E-state index contributed by atoms with van der Waals surface area (Å²) < 4.78 is 19.5. The number of halogens is 1. The molecule has 1 unspecified atom stereocenters. The normalized spacial score (nSPS) is 22.6. The summed E-state index contributed by atoms with van der Waals surface area (Å²) >= 11 is 0. The smallest absolute Gasteiger partial charge is 0.129 e. The third-order valence-electron chi connectivity index (χ3n) is 3.31. The van der Waals surface area contributed by atoms with E-state index in [0.717, 1.165) is 5.69 Å². The van der Waals surface area contributed by atoms with Crippen LogP contribution in [0.5, 0.6) is 0 Å². The summed E-state index contributed by atoms with van der Waals surface area (Å²) in [6.07, 6.45) is -0.249. The van der Waals surface area contributed by atoms with E-state index >= 15 is 0 Å². The number of rotatable bonds is 3. The molecule has 0 saturated carbocycles. The van der Waals surface area contributed by atoms with E-state index in [1.165, 1.54) is 6.07 Å². The maximum Gasteiger partial charge on any atom is 0.129 e. The quantitative estimate of drug-likeness (QED) is 0.866. The summed E-state index contributed by atoms with van der Waals surface area (Å²) in [7, 11) is 0. The Morgan fingerprint density at radius 1 is 1.53 bits per heavy atom. The van der Waals surface area contributed by atoms with E-state index in [4.69, 9.17) is 10.5 Å². The van der Waals surface area contributed by atoms with E-state index in [-0.39, 0.29) is 30.7 Å². The fourth-order valence-corrected chi connectivity index (χ4v) is 2.49. The van der Waals surface area contributed by atoms with Crippen LogP contribution in [0, 0.1) is 5.82 Å². The Kier molecular flexibility index (Phi) is 4.08. The molecule has 106 valence electrons. The second-order valence-electron chi connectivity index (χ2n) is 5.54. The molecule has 0 spiro atoms. The van der Waals surface area contributed by atoms with Gasteiger partial charge in [0.25, 0.3) is 0 Å². The Bertz CT molecular complexity index is 451. The van der Waals surface area contributed by atoms with Crippen molar-refractivity contribution in [3.8, 4) is 0 Å². The van der Waals surface area contributed by atoms with E-state index in [1.807, 2.05) is 24.8 Å². The van der Waals surface area contributed by atoms with Crippen molar-refractivity contribution >= 4 is 5.69 Å².